The molecule has 2 nitrogen and oxygen atoms in total. The van der Waals surface area contributed by atoms with Gasteiger partial charge in [0.25, 0.3) is 0 Å². The number of aliphatic hydroxyl groups is 1. The number of hydrogen-bond donors (Lipinski definition) is 1. The summed E-state index contributed by atoms with van der Waals surface area (Å²) in [5.41, 5.74) is 1.38. The van der Waals surface area contributed by atoms with Crippen LogP contribution in [0.2, 0.25) is 0 Å². The Balaban J connectivity index is 1.70. The molecule has 0 aliphatic heterocycles. The van der Waals surface area contributed by atoms with Crippen molar-refractivity contribution in [2.45, 2.75) is 71.8 Å². The maximum atomic E-state index is 12.1. The highest BCUT2D eigenvalue weighted by Gasteiger charge is 2.59. The molecule has 0 aromatic heterocycles. The van der Waals surface area contributed by atoms with Crippen LogP contribution in [-0.2, 0) is 4.79 Å². The van der Waals surface area contributed by atoms with Crippen molar-refractivity contribution in [2.24, 2.45) is 34.5 Å². The first kappa shape index (κ1) is 14.9. The van der Waals surface area contributed by atoms with Gasteiger partial charge in [-0.2, -0.15) is 0 Å². The summed E-state index contributed by atoms with van der Waals surface area (Å²) in [6, 6.07) is 0. The summed E-state index contributed by atoms with van der Waals surface area (Å²) in [7, 11) is 0. The third-order valence-corrected chi connectivity index (χ3v) is 8.31. The Bertz CT molecular complexity index is 536. The van der Waals surface area contributed by atoms with Gasteiger partial charge < -0.3 is 5.11 Å². The van der Waals surface area contributed by atoms with Crippen LogP contribution in [0.3, 0.4) is 0 Å². The molecule has 0 amide bonds. The smallest absolute Gasteiger partial charge is 0.158 e. The number of carbonyl (C=O) groups excluding carboxylic acids is 1. The molecule has 4 aliphatic rings. The first-order valence-corrected chi connectivity index (χ1v) is 9.27. The maximum Gasteiger partial charge on any atom is 0.158 e. The van der Waals surface area contributed by atoms with Gasteiger partial charge in [0, 0.05) is 6.42 Å². The summed E-state index contributed by atoms with van der Waals surface area (Å²) < 4.78 is 0. The quantitative estimate of drug-likeness (QED) is 0.730. The van der Waals surface area contributed by atoms with Crippen molar-refractivity contribution in [3.05, 3.63) is 11.6 Å². The van der Waals surface area contributed by atoms with Gasteiger partial charge in [0.1, 0.15) is 0 Å². The molecular weight excluding hydrogens is 272 g/mol. The predicted molar refractivity (Wildman–Crippen MR) is 87.3 cm³/mol. The van der Waals surface area contributed by atoms with Gasteiger partial charge in [-0.1, -0.05) is 19.9 Å². The molecule has 1 N–H and O–H groups in total. The molecule has 3 fully saturated rings. The minimum Gasteiger partial charge on any atom is -0.393 e. The first-order chi connectivity index (χ1) is 10.4. The molecule has 0 spiro atoms. The highest BCUT2D eigenvalue weighted by atomic mass is 16.3. The van der Waals surface area contributed by atoms with E-state index in [9.17, 15) is 9.90 Å². The molecular formula is C20H30O2. The molecule has 3 saturated carbocycles. The van der Waals surface area contributed by atoms with Crippen molar-refractivity contribution in [3.63, 3.8) is 0 Å². The fraction of sp³-hybridized carbons (Fsp3) is 0.850. The van der Waals surface area contributed by atoms with E-state index in [-0.39, 0.29) is 16.9 Å². The van der Waals surface area contributed by atoms with Gasteiger partial charge >= 0.3 is 0 Å². The molecule has 22 heavy (non-hydrogen) atoms. The third-order valence-electron chi connectivity index (χ3n) is 8.31. The second-order valence-electron chi connectivity index (χ2n) is 9.11. The maximum absolute atomic E-state index is 12.1. The van der Waals surface area contributed by atoms with E-state index in [4.69, 9.17) is 0 Å². The highest BCUT2D eigenvalue weighted by Crippen LogP contribution is 2.65. The van der Waals surface area contributed by atoms with Gasteiger partial charge in [-0.05, 0) is 85.5 Å². The molecule has 4 rings (SSSR count). The average molecular weight is 302 g/mol. The first-order valence-electron chi connectivity index (χ1n) is 9.27. The van der Waals surface area contributed by atoms with Crippen molar-refractivity contribution in [2.75, 3.05) is 0 Å². The van der Waals surface area contributed by atoms with Crippen LogP contribution in [0.5, 0.6) is 0 Å². The zero-order chi connectivity index (χ0) is 15.7. The van der Waals surface area contributed by atoms with Crippen LogP contribution in [0.4, 0.5) is 0 Å². The van der Waals surface area contributed by atoms with Gasteiger partial charge in [-0.25, -0.2) is 0 Å². The van der Waals surface area contributed by atoms with Crippen molar-refractivity contribution in [1.82, 2.24) is 0 Å². The minimum absolute atomic E-state index is 0.0887. The van der Waals surface area contributed by atoms with Gasteiger partial charge in [-0.15, -0.1) is 0 Å². The third kappa shape index (κ3) is 1.79. The summed E-state index contributed by atoms with van der Waals surface area (Å²) in [6.45, 7) is 6.78. The Kier molecular flexibility index (Phi) is 3.18. The van der Waals surface area contributed by atoms with E-state index in [1.54, 1.807) is 0 Å². The van der Waals surface area contributed by atoms with Gasteiger partial charge in [-0.3, -0.25) is 4.79 Å². The second kappa shape index (κ2) is 4.69. The number of aliphatic hydroxyl groups excluding tert-OH is 1. The molecule has 2 heteroatoms. The van der Waals surface area contributed by atoms with Crippen LogP contribution >= 0.6 is 0 Å². The predicted octanol–water partition coefficient (Wildman–Crippen LogP) is 4.13. The lowest BCUT2D eigenvalue weighted by atomic mass is 9.46. The molecule has 7 atom stereocenters. The number of fused-ring (bicyclic) bond motifs is 5. The number of hydrogen-bond acceptors (Lipinski definition) is 2. The monoisotopic (exact) mass is 302 g/mol. The fourth-order valence-corrected chi connectivity index (χ4v) is 6.92. The van der Waals surface area contributed by atoms with Crippen molar-refractivity contribution in [3.8, 4) is 0 Å². The van der Waals surface area contributed by atoms with E-state index >= 15 is 0 Å². The molecule has 0 radical (unpaired) electrons. The molecule has 122 valence electrons. The van der Waals surface area contributed by atoms with Crippen LogP contribution in [0.15, 0.2) is 11.6 Å². The normalized spacial score (nSPS) is 54.3. The summed E-state index contributed by atoms with van der Waals surface area (Å²) in [5, 5.41) is 10.5. The average Bonchev–Trinajstić information content (AvgIpc) is 2.77. The molecule has 0 heterocycles. The largest absolute Gasteiger partial charge is 0.393 e. The minimum atomic E-state index is -0.0887. The standard InChI is InChI=1S/C20H30O2/c1-12-11-20(3)13(10-17(12)21)4-5-14-15-6-7-18(22)19(15,2)9-8-16(14)20/h11,13-16,18,22H,4-10H2,1-3H3/t13?,14-,15-,16+,18?,19-,20-/m0/s1. The molecule has 4 aliphatic carbocycles. The number of rotatable bonds is 0. The highest BCUT2D eigenvalue weighted by molar-refractivity contribution is 5.96. The summed E-state index contributed by atoms with van der Waals surface area (Å²) in [6.07, 6.45) is 10.1. The van der Waals surface area contributed by atoms with Gasteiger partial charge in [0.15, 0.2) is 5.78 Å². The topological polar surface area (TPSA) is 37.3 Å². The molecule has 0 aromatic carbocycles. The van der Waals surface area contributed by atoms with E-state index in [0.717, 1.165) is 30.3 Å². The second-order valence-corrected chi connectivity index (χ2v) is 9.11. The Labute approximate surface area is 134 Å². The summed E-state index contributed by atoms with van der Waals surface area (Å²) >= 11 is 0. The van der Waals surface area contributed by atoms with E-state index < -0.39 is 0 Å². The number of carbonyl (C=O) groups is 1. The number of ketones is 1. The van der Waals surface area contributed by atoms with E-state index in [1.165, 1.54) is 32.1 Å². The zero-order valence-corrected chi connectivity index (χ0v) is 14.3. The van der Waals surface area contributed by atoms with Crippen molar-refractivity contribution in [1.29, 1.82) is 0 Å². The van der Waals surface area contributed by atoms with Gasteiger partial charge in [0.05, 0.1) is 6.10 Å². The lowest BCUT2D eigenvalue weighted by Crippen LogP contribution is -2.53. The fourth-order valence-electron chi connectivity index (χ4n) is 6.92. The van der Waals surface area contributed by atoms with Crippen LogP contribution in [0, 0.1) is 34.5 Å². The van der Waals surface area contributed by atoms with E-state index in [0.29, 0.717) is 17.6 Å². The SMILES string of the molecule is CC1=C[C@@]2(C)C(CC[C@@H]3[C@H]2CC[C@]2(C)C(O)CC[C@@H]32)CC1=O. The van der Waals surface area contributed by atoms with Crippen LogP contribution < -0.4 is 0 Å². The van der Waals surface area contributed by atoms with E-state index in [1.807, 2.05) is 6.92 Å². The Morgan fingerprint density at radius 1 is 1.09 bits per heavy atom. The molecule has 0 saturated heterocycles. The molecule has 0 aromatic rings. The Morgan fingerprint density at radius 2 is 1.86 bits per heavy atom. The van der Waals surface area contributed by atoms with Crippen LogP contribution in [0.25, 0.3) is 0 Å². The number of Topliss-reactive ketones (excluding diaryl/α,β-unsaturated/α-hetero) is 1. The lowest BCUT2D eigenvalue weighted by molar-refractivity contribution is -0.125. The summed E-state index contributed by atoms with van der Waals surface area (Å²) in [5.74, 6) is 3.11. The van der Waals surface area contributed by atoms with Gasteiger partial charge in [0.2, 0.25) is 0 Å². The van der Waals surface area contributed by atoms with Crippen LogP contribution in [-0.4, -0.2) is 17.0 Å². The van der Waals surface area contributed by atoms with Crippen molar-refractivity contribution < 1.29 is 9.90 Å². The van der Waals surface area contributed by atoms with Crippen LogP contribution in [0.1, 0.15) is 65.7 Å². The molecule has 2 unspecified atom stereocenters. The van der Waals surface area contributed by atoms with E-state index in [2.05, 4.69) is 19.9 Å². The Morgan fingerprint density at radius 3 is 2.64 bits per heavy atom. The Hall–Kier alpha value is -0.630. The summed E-state index contributed by atoms with van der Waals surface area (Å²) in [4.78, 5) is 12.1. The number of allylic oxidation sites excluding steroid dienone is 2. The van der Waals surface area contributed by atoms with Crippen molar-refractivity contribution >= 4 is 5.78 Å². The molecule has 0 bridgehead atoms. The lowest BCUT2D eigenvalue weighted by Gasteiger charge is -2.58. The zero-order valence-electron chi connectivity index (χ0n) is 14.3.